The first kappa shape index (κ1) is 15.3. The van der Waals surface area contributed by atoms with E-state index in [0.29, 0.717) is 12.1 Å². The molecule has 0 aromatic heterocycles. The molecular weight excluding hydrogens is 252 g/mol. The fourth-order valence-corrected chi connectivity index (χ4v) is 1.64. The lowest BCUT2D eigenvalue weighted by molar-refractivity contribution is -0.145. The summed E-state index contributed by atoms with van der Waals surface area (Å²) >= 11 is 0. The largest absolute Gasteiger partial charge is 0.465 e. The lowest BCUT2D eigenvalue weighted by Crippen LogP contribution is -2.30. The van der Waals surface area contributed by atoms with E-state index in [4.69, 9.17) is 4.74 Å². The van der Waals surface area contributed by atoms with Crippen molar-refractivity contribution in [1.82, 2.24) is 5.32 Å². The van der Waals surface area contributed by atoms with Gasteiger partial charge in [0.05, 0.1) is 6.61 Å². The van der Waals surface area contributed by atoms with Gasteiger partial charge in [-0.15, -0.1) is 6.58 Å². The normalized spacial score (nSPS) is 12.2. The van der Waals surface area contributed by atoms with Crippen molar-refractivity contribution in [3.8, 4) is 0 Å². The molecule has 1 rings (SSSR count). The summed E-state index contributed by atoms with van der Waals surface area (Å²) in [6, 6.07) is 4.98. The highest BCUT2D eigenvalue weighted by Crippen LogP contribution is 2.23. The highest BCUT2D eigenvalue weighted by atomic mass is 19.3. The number of nitrogens with one attached hydrogen (secondary N) is 1. The summed E-state index contributed by atoms with van der Waals surface area (Å²) in [6.07, 6.45) is -0.981. The van der Waals surface area contributed by atoms with E-state index in [0.717, 1.165) is 0 Å². The average Bonchev–Trinajstić information content (AvgIpc) is 2.40. The number of alkyl halides is 2. The lowest BCUT2D eigenvalue weighted by Gasteiger charge is -2.17. The van der Waals surface area contributed by atoms with Gasteiger partial charge in [0.25, 0.3) is 6.43 Å². The van der Waals surface area contributed by atoms with E-state index < -0.39 is 18.4 Å². The molecule has 0 aliphatic rings. The third-order valence-electron chi connectivity index (χ3n) is 2.48. The summed E-state index contributed by atoms with van der Waals surface area (Å²) < 4.78 is 30.3. The quantitative estimate of drug-likeness (QED) is 0.611. The number of carbonyl (C=O) groups excluding carboxylic acids is 1. The Morgan fingerprint density at radius 2 is 2.16 bits per heavy atom. The van der Waals surface area contributed by atoms with Crippen LogP contribution in [0.2, 0.25) is 0 Å². The van der Waals surface area contributed by atoms with Gasteiger partial charge < -0.3 is 4.74 Å². The van der Waals surface area contributed by atoms with Gasteiger partial charge in [0.15, 0.2) is 0 Å². The molecule has 0 heterocycles. The zero-order valence-corrected chi connectivity index (χ0v) is 10.7. The van der Waals surface area contributed by atoms with Crippen LogP contribution < -0.4 is 5.32 Å². The Balaban J connectivity index is 2.98. The highest BCUT2D eigenvalue weighted by Gasteiger charge is 2.22. The topological polar surface area (TPSA) is 38.3 Å². The Hall–Kier alpha value is -1.75. The molecule has 3 nitrogen and oxygen atoms in total. The molecule has 1 unspecified atom stereocenters. The first-order chi connectivity index (χ1) is 9.10. The monoisotopic (exact) mass is 269 g/mol. The van der Waals surface area contributed by atoms with Gasteiger partial charge in [-0.25, -0.2) is 13.6 Å². The SMILES string of the molecule is C=CCNC(C(=O)OCC)c1cccc(C(F)F)c1. The Morgan fingerprint density at radius 3 is 2.74 bits per heavy atom. The van der Waals surface area contributed by atoms with E-state index in [1.54, 1.807) is 19.1 Å². The van der Waals surface area contributed by atoms with Crippen LogP contribution in [0, 0.1) is 0 Å². The second kappa shape index (κ2) is 7.63. The number of halogens is 2. The minimum Gasteiger partial charge on any atom is -0.465 e. The predicted molar refractivity (Wildman–Crippen MR) is 69.0 cm³/mol. The summed E-state index contributed by atoms with van der Waals surface area (Å²) in [4.78, 5) is 11.8. The van der Waals surface area contributed by atoms with Crippen molar-refractivity contribution in [3.63, 3.8) is 0 Å². The maximum atomic E-state index is 12.7. The Labute approximate surface area is 111 Å². The number of esters is 1. The minimum absolute atomic E-state index is 0.118. The van der Waals surface area contributed by atoms with E-state index in [9.17, 15) is 13.6 Å². The molecule has 0 fully saturated rings. The second-order valence-corrected chi connectivity index (χ2v) is 3.85. The first-order valence-corrected chi connectivity index (χ1v) is 5.99. The van der Waals surface area contributed by atoms with Crippen molar-refractivity contribution in [3.05, 3.63) is 48.0 Å². The van der Waals surface area contributed by atoms with Crippen LogP contribution in [0.15, 0.2) is 36.9 Å². The first-order valence-electron chi connectivity index (χ1n) is 5.99. The minimum atomic E-state index is -2.57. The van der Waals surface area contributed by atoms with Gasteiger partial charge >= 0.3 is 5.97 Å². The number of carbonyl (C=O) groups is 1. The fourth-order valence-electron chi connectivity index (χ4n) is 1.64. The summed E-state index contributed by atoms with van der Waals surface area (Å²) in [5.74, 6) is -0.490. The summed E-state index contributed by atoms with van der Waals surface area (Å²) in [6.45, 7) is 5.85. The molecule has 0 spiro atoms. The molecule has 0 saturated heterocycles. The third kappa shape index (κ3) is 4.44. The predicted octanol–water partition coefficient (Wildman–Crippen LogP) is 3.00. The van der Waals surface area contributed by atoms with Gasteiger partial charge in [-0.1, -0.05) is 24.3 Å². The molecular formula is C14H17F2NO2. The van der Waals surface area contributed by atoms with Crippen molar-refractivity contribution >= 4 is 5.97 Å². The molecule has 0 radical (unpaired) electrons. The highest BCUT2D eigenvalue weighted by molar-refractivity contribution is 5.77. The molecule has 0 aliphatic carbocycles. The molecule has 1 N–H and O–H groups in total. The number of benzene rings is 1. The number of ether oxygens (including phenoxy) is 1. The second-order valence-electron chi connectivity index (χ2n) is 3.85. The Morgan fingerprint density at radius 1 is 1.47 bits per heavy atom. The van der Waals surface area contributed by atoms with Crippen molar-refractivity contribution < 1.29 is 18.3 Å². The van der Waals surface area contributed by atoms with Gasteiger partial charge in [-0.2, -0.15) is 0 Å². The average molecular weight is 269 g/mol. The summed E-state index contributed by atoms with van der Waals surface area (Å²) in [5.41, 5.74) is 0.338. The fraction of sp³-hybridized carbons (Fsp3) is 0.357. The van der Waals surface area contributed by atoms with Crippen LogP contribution in [0.5, 0.6) is 0 Å². The van der Waals surface area contributed by atoms with Gasteiger partial charge in [-0.3, -0.25) is 5.32 Å². The Kier molecular flexibility index (Phi) is 6.15. The van der Waals surface area contributed by atoms with Crippen molar-refractivity contribution in [2.45, 2.75) is 19.4 Å². The summed E-state index contributed by atoms with van der Waals surface area (Å²) in [5, 5.41) is 2.90. The van der Waals surface area contributed by atoms with E-state index in [1.165, 1.54) is 18.2 Å². The van der Waals surface area contributed by atoms with Crippen molar-refractivity contribution in [1.29, 1.82) is 0 Å². The molecule has 0 amide bonds. The Bertz CT molecular complexity index is 435. The van der Waals surface area contributed by atoms with Crippen molar-refractivity contribution in [2.24, 2.45) is 0 Å². The van der Waals surface area contributed by atoms with Crippen LogP contribution in [0.4, 0.5) is 8.78 Å². The maximum absolute atomic E-state index is 12.7. The van der Waals surface area contributed by atoms with Crippen LogP contribution in [-0.4, -0.2) is 19.1 Å². The lowest BCUT2D eigenvalue weighted by atomic mass is 10.0. The number of rotatable bonds is 7. The van der Waals surface area contributed by atoms with Crippen LogP contribution in [-0.2, 0) is 9.53 Å². The van der Waals surface area contributed by atoms with Crippen LogP contribution in [0.1, 0.15) is 30.5 Å². The van der Waals surface area contributed by atoms with E-state index in [-0.39, 0.29) is 12.2 Å². The number of hydrogen-bond acceptors (Lipinski definition) is 3. The van der Waals surface area contributed by atoms with Crippen LogP contribution in [0.25, 0.3) is 0 Å². The molecule has 0 saturated carbocycles. The molecule has 19 heavy (non-hydrogen) atoms. The van der Waals surface area contributed by atoms with Crippen molar-refractivity contribution in [2.75, 3.05) is 13.2 Å². The zero-order valence-electron chi connectivity index (χ0n) is 10.7. The van der Waals surface area contributed by atoms with Crippen LogP contribution in [0.3, 0.4) is 0 Å². The van der Waals surface area contributed by atoms with E-state index in [1.807, 2.05) is 0 Å². The molecule has 1 aromatic carbocycles. The molecule has 0 aliphatic heterocycles. The summed E-state index contributed by atoms with van der Waals surface area (Å²) in [7, 11) is 0. The zero-order chi connectivity index (χ0) is 14.3. The molecule has 104 valence electrons. The van der Waals surface area contributed by atoms with E-state index in [2.05, 4.69) is 11.9 Å². The van der Waals surface area contributed by atoms with E-state index >= 15 is 0 Å². The standard InChI is InChI=1S/C14H17F2NO2/c1-3-8-17-12(14(18)19-4-2)10-6-5-7-11(9-10)13(15)16/h3,5-7,9,12-13,17H,1,4,8H2,2H3. The molecule has 1 aromatic rings. The third-order valence-corrected chi connectivity index (χ3v) is 2.48. The van der Waals surface area contributed by atoms with Gasteiger partial charge in [0, 0.05) is 12.1 Å². The maximum Gasteiger partial charge on any atom is 0.327 e. The smallest absolute Gasteiger partial charge is 0.327 e. The van der Waals surface area contributed by atoms with Gasteiger partial charge in [-0.05, 0) is 18.6 Å². The number of hydrogen-bond donors (Lipinski definition) is 1. The molecule has 0 bridgehead atoms. The van der Waals surface area contributed by atoms with Gasteiger partial charge in [0.1, 0.15) is 6.04 Å². The van der Waals surface area contributed by atoms with Crippen LogP contribution >= 0.6 is 0 Å². The van der Waals surface area contributed by atoms with Gasteiger partial charge in [0.2, 0.25) is 0 Å². The molecule has 5 heteroatoms. The molecule has 1 atom stereocenters.